The van der Waals surface area contributed by atoms with Crippen molar-refractivity contribution in [2.24, 2.45) is 0 Å². The predicted octanol–water partition coefficient (Wildman–Crippen LogP) is 3.64. The van der Waals surface area contributed by atoms with Crippen LogP contribution in [0, 0.1) is 20.8 Å². The number of benzene rings is 2. The number of aromatic hydroxyl groups is 1. The first-order valence-corrected chi connectivity index (χ1v) is 8.14. The third-order valence-corrected chi connectivity index (χ3v) is 4.37. The molecule has 2 aromatic carbocycles. The van der Waals surface area contributed by atoms with Gasteiger partial charge in [0.2, 0.25) is 0 Å². The van der Waals surface area contributed by atoms with Gasteiger partial charge in [-0.1, -0.05) is 35.9 Å². The van der Waals surface area contributed by atoms with Crippen molar-refractivity contribution in [2.45, 2.75) is 27.3 Å². The van der Waals surface area contributed by atoms with Crippen molar-refractivity contribution < 1.29 is 9.90 Å². The van der Waals surface area contributed by atoms with Crippen LogP contribution in [0.1, 0.15) is 32.7 Å². The smallest absolute Gasteiger partial charge is 0.269 e. The number of hydrogen-bond acceptors (Lipinski definition) is 3. The SMILES string of the molecule is Cc1ccc(CNC(=O)c2cc(-c3ccc(C)c(C)c3O)n[nH]2)cc1. The van der Waals surface area contributed by atoms with Crippen LogP contribution >= 0.6 is 0 Å². The lowest BCUT2D eigenvalue weighted by Gasteiger charge is -2.07. The second-order valence-corrected chi connectivity index (χ2v) is 6.24. The number of H-pyrrole nitrogens is 1. The minimum Gasteiger partial charge on any atom is -0.507 e. The summed E-state index contributed by atoms with van der Waals surface area (Å²) < 4.78 is 0. The summed E-state index contributed by atoms with van der Waals surface area (Å²) in [6.07, 6.45) is 0. The second-order valence-electron chi connectivity index (χ2n) is 6.24. The molecule has 1 aromatic heterocycles. The van der Waals surface area contributed by atoms with Gasteiger partial charge in [0.25, 0.3) is 5.91 Å². The van der Waals surface area contributed by atoms with Gasteiger partial charge in [0.15, 0.2) is 0 Å². The Labute approximate surface area is 146 Å². The summed E-state index contributed by atoms with van der Waals surface area (Å²) in [7, 11) is 0. The molecule has 0 saturated heterocycles. The Morgan fingerprint density at radius 2 is 1.84 bits per heavy atom. The Morgan fingerprint density at radius 3 is 2.56 bits per heavy atom. The van der Waals surface area contributed by atoms with Crippen LogP contribution in [-0.4, -0.2) is 21.2 Å². The normalized spacial score (nSPS) is 10.7. The van der Waals surface area contributed by atoms with Gasteiger partial charge >= 0.3 is 0 Å². The summed E-state index contributed by atoms with van der Waals surface area (Å²) in [5.41, 5.74) is 5.54. The molecule has 5 nitrogen and oxygen atoms in total. The molecule has 0 bridgehead atoms. The monoisotopic (exact) mass is 335 g/mol. The number of carbonyl (C=O) groups excluding carboxylic acids is 1. The average Bonchev–Trinajstić information content (AvgIpc) is 3.09. The van der Waals surface area contributed by atoms with E-state index in [2.05, 4.69) is 15.5 Å². The number of hydrogen-bond donors (Lipinski definition) is 3. The van der Waals surface area contributed by atoms with Gasteiger partial charge in [0.1, 0.15) is 11.4 Å². The maximum absolute atomic E-state index is 12.3. The van der Waals surface area contributed by atoms with E-state index in [1.165, 1.54) is 5.56 Å². The quantitative estimate of drug-likeness (QED) is 0.681. The molecular formula is C20H21N3O2. The van der Waals surface area contributed by atoms with Gasteiger partial charge in [-0.3, -0.25) is 9.89 Å². The van der Waals surface area contributed by atoms with Crippen LogP contribution in [0.3, 0.4) is 0 Å². The second kappa shape index (κ2) is 6.81. The summed E-state index contributed by atoms with van der Waals surface area (Å²) in [6.45, 7) is 6.27. The molecule has 3 N–H and O–H groups in total. The largest absolute Gasteiger partial charge is 0.507 e. The summed E-state index contributed by atoms with van der Waals surface area (Å²) in [5.74, 6) is -0.0410. The molecule has 1 amide bonds. The lowest BCUT2D eigenvalue weighted by atomic mass is 10.0. The Morgan fingerprint density at radius 1 is 1.12 bits per heavy atom. The van der Waals surface area contributed by atoms with Gasteiger partial charge in [-0.05, 0) is 49.6 Å². The highest BCUT2D eigenvalue weighted by atomic mass is 16.3. The molecular weight excluding hydrogens is 314 g/mol. The van der Waals surface area contributed by atoms with Crippen molar-refractivity contribution in [1.82, 2.24) is 15.5 Å². The highest BCUT2D eigenvalue weighted by molar-refractivity contribution is 5.93. The maximum atomic E-state index is 12.3. The predicted molar refractivity (Wildman–Crippen MR) is 97.5 cm³/mol. The molecule has 1 heterocycles. The minimum atomic E-state index is -0.234. The fraction of sp³-hybridized carbons (Fsp3) is 0.200. The van der Waals surface area contributed by atoms with Gasteiger partial charge in [-0.25, -0.2) is 0 Å². The van der Waals surface area contributed by atoms with Crippen LogP contribution in [0.5, 0.6) is 5.75 Å². The molecule has 0 unspecified atom stereocenters. The summed E-state index contributed by atoms with van der Waals surface area (Å²) >= 11 is 0. The molecule has 0 saturated carbocycles. The van der Waals surface area contributed by atoms with E-state index in [1.807, 2.05) is 57.2 Å². The van der Waals surface area contributed by atoms with Gasteiger partial charge < -0.3 is 10.4 Å². The third-order valence-electron chi connectivity index (χ3n) is 4.37. The Bertz CT molecular complexity index is 911. The van der Waals surface area contributed by atoms with Gasteiger partial charge in [-0.2, -0.15) is 5.10 Å². The van der Waals surface area contributed by atoms with Crippen LogP contribution in [0.25, 0.3) is 11.3 Å². The van der Waals surface area contributed by atoms with E-state index in [-0.39, 0.29) is 11.7 Å². The van der Waals surface area contributed by atoms with E-state index in [4.69, 9.17) is 0 Å². The molecule has 0 spiro atoms. The van der Waals surface area contributed by atoms with E-state index < -0.39 is 0 Å². The van der Waals surface area contributed by atoms with Gasteiger partial charge in [0.05, 0.1) is 5.69 Å². The van der Waals surface area contributed by atoms with E-state index >= 15 is 0 Å². The number of aromatic amines is 1. The average molecular weight is 335 g/mol. The van der Waals surface area contributed by atoms with E-state index in [9.17, 15) is 9.90 Å². The number of amides is 1. The first kappa shape index (κ1) is 16.8. The zero-order chi connectivity index (χ0) is 18.0. The number of aryl methyl sites for hydroxylation is 2. The molecule has 0 fully saturated rings. The molecule has 3 rings (SSSR count). The lowest BCUT2D eigenvalue weighted by molar-refractivity contribution is 0.0946. The number of phenolic OH excluding ortho intramolecular Hbond substituents is 1. The van der Waals surface area contributed by atoms with E-state index in [0.717, 1.165) is 16.7 Å². The molecule has 0 aliphatic carbocycles. The van der Waals surface area contributed by atoms with Crippen molar-refractivity contribution in [3.05, 3.63) is 70.4 Å². The molecule has 128 valence electrons. The topological polar surface area (TPSA) is 78.0 Å². The van der Waals surface area contributed by atoms with Crippen LogP contribution in [0.4, 0.5) is 0 Å². The Kier molecular flexibility index (Phi) is 4.57. The Hall–Kier alpha value is -3.08. The first-order chi connectivity index (χ1) is 12.0. The number of nitrogens with zero attached hydrogens (tertiary/aromatic N) is 1. The van der Waals surface area contributed by atoms with Crippen LogP contribution in [-0.2, 0) is 6.54 Å². The van der Waals surface area contributed by atoms with Gasteiger partial charge in [0, 0.05) is 12.1 Å². The Balaban J connectivity index is 1.73. The standard InChI is InChI=1S/C20H21N3O2/c1-12-4-7-15(8-5-12)11-21-20(25)18-10-17(22-23-18)16-9-6-13(2)14(3)19(16)24/h4-10,24H,11H2,1-3H3,(H,21,25)(H,22,23). The summed E-state index contributed by atoms with van der Waals surface area (Å²) in [6, 6.07) is 13.4. The van der Waals surface area contributed by atoms with E-state index in [1.54, 1.807) is 6.07 Å². The molecule has 0 aliphatic rings. The number of aromatic nitrogens is 2. The highest BCUT2D eigenvalue weighted by Crippen LogP contribution is 2.32. The maximum Gasteiger partial charge on any atom is 0.269 e. The lowest BCUT2D eigenvalue weighted by Crippen LogP contribution is -2.23. The van der Waals surface area contributed by atoms with Crippen molar-refractivity contribution in [3.8, 4) is 17.0 Å². The molecule has 0 aliphatic heterocycles. The van der Waals surface area contributed by atoms with Crippen LogP contribution in [0.15, 0.2) is 42.5 Å². The van der Waals surface area contributed by atoms with Crippen molar-refractivity contribution in [2.75, 3.05) is 0 Å². The third kappa shape index (κ3) is 3.55. The first-order valence-electron chi connectivity index (χ1n) is 8.14. The number of rotatable bonds is 4. The zero-order valence-corrected chi connectivity index (χ0v) is 14.6. The zero-order valence-electron chi connectivity index (χ0n) is 14.6. The highest BCUT2D eigenvalue weighted by Gasteiger charge is 2.15. The summed E-state index contributed by atoms with van der Waals surface area (Å²) in [4.78, 5) is 12.3. The fourth-order valence-corrected chi connectivity index (χ4v) is 2.57. The minimum absolute atomic E-state index is 0.193. The van der Waals surface area contributed by atoms with Crippen molar-refractivity contribution in [1.29, 1.82) is 0 Å². The molecule has 3 aromatic rings. The fourth-order valence-electron chi connectivity index (χ4n) is 2.57. The van der Waals surface area contributed by atoms with Crippen LogP contribution in [0.2, 0.25) is 0 Å². The molecule has 25 heavy (non-hydrogen) atoms. The van der Waals surface area contributed by atoms with Crippen molar-refractivity contribution >= 4 is 5.91 Å². The molecule has 0 atom stereocenters. The van der Waals surface area contributed by atoms with Crippen molar-refractivity contribution in [3.63, 3.8) is 0 Å². The molecule has 5 heteroatoms. The number of carbonyl (C=O) groups is 1. The number of phenols is 1. The van der Waals surface area contributed by atoms with E-state index in [0.29, 0.717) is 23.5 Å². The number of nitrogens with one attached hydrogen (secondary N) is 2. The van der Waals surface area contributed by atoms with Crippen LogP contribution < -0.4 is 5.32 Å². The summed E-state index contributed by atoms with van der Waals surface area (Å²) in [5, 5.41) is 20.1. The molecule has 0 radical (unpaired) electrons. The van der Waals surface area contributed by atoms with Gasteiger partial charge in [-0.15, -0.1) is 0 Å².